The summed E-state index contributed by atoms with van der Waals surface area (Å²) >= 11 is 0. The molecule has 0 radical (unpaired) electrons. The van der Waals surface area contributed by atoms with Crippen LogP contribution in [0.15, 0.2) is 42.5 Å². The number of ether oxygens (including phenoxy) is 1. The summed E-state index contributed by atoms with van der Waals surface area (Å²) in [7, 11) is 0. The predicted molar refractivity (Wildman–Crippen MR) is 102 cm³/mol. The summed E-state index contributed by atoms with van der Waals surface area (Å²) in [6.45, 7) is 3.47. The zero-order valence-corrected chi connectivity index (χ0v) is 15.2. The van der Waals surface area contributed by atoms with Crippen molar-refractivity contribution in [1.29, 1.82) is 5.26 Å². The largest absolute Gasteiger partial charge is 0.462 e. The van der Waals surface area contributed by atoms with Crippen molar-refractivity contribution >= 4 is 17.3 Å². The Morgan fingerprint density at radius 3 is 2.59 bits per heavy atom. The molecule has 0 bridgehead atoms. The van der Waals surface area contributed by atoms with Crippen LogP contribution >= 0.6 is 0 Å². The molecule has 0 aliphatic carbocycles. The van der Waals surface area contributed by atoms with E-state index >= 15 is 0 Å². The molecule has 0 aromatic heterocycles. The Morgan fingerprint density at radius 2 is 1.96 bits per heavy atom. The molecule has 1 N–H and O–H groups in total. The van der Waals surface area contributed by atoms with Crippen LogP contribution in [0.1, 0.15) is 30.9 Å². The van der Waals surface area contributed by atoms with Crippen LogP contribution in [0.5, 0.6) is 0 Å². The van der Waals surface area contributed by atoms with E-state index in [1.165, 1.54) is 19.1 Å². The SMILES string of the molecule is CC(=O)OC1CCN(c2ccc(NCc3ccc(F)cc3)cc2C#N)CC1. The number of esters is 1. The van der Waals surface area contributed by atoms with Crippen LogP contribution in [0.4, 0.5) is 15.8 Å². The highest BCUT2D eigenvalue weighted by Gasteiger charge is 2.23. The summed E-state index contributed by atoms with van der Waals surface area (Å²) in [5.41, 5.74) is 3.30. The van der Waals surface area contributed by atoms with Crippen LogP contribution in [0, 0.1) is 17.1 Å². The molecule has 0 spiro atoms. The molecule has 6 heteroatoms. The number of hydrogen-bond donors (Lipinski definition) is 1. The molecular weight excluding hydrogens is 345 g/mol. The number of nitrogens with zero attached hydrogens (tertiary/aromatic N) is 2. The maximum absolute atomic E-state index is 13.0. The standard InChI is InChI=1S/C21H22FN3O2/c1-15(26)27-20-8-10-25(11-9-20)21-7-6-19(12-17(21)13-23)24-14-16-2-4-18(22)5-3-16/h2-7,12,20,24H,8-11,14H2,1H3. The Morgan fingerprint density at radius 1 is 1.26 bits per heavy atom. The second kappa shape index (κ2) is 8.54. The number of carbonyl (C=O) groups excluding carboxylic acids is 1. The number of hydrogen-bond acceptors (Lipinski definition) is 5. The molecule has 1 heterocycles. The Kier molecular flexibility index (Phi) is 5.92. The van der Waals surface area contributed by atoms with Gasteiger partial charge in [0.05, 0.1) is 11.3 Å². The van der Waals surface area contributed by atoms with Crippen molar-refractivity contribution in [2.24, 2.45) is 0 Å². The number of rotatable bonds is 5. The first-order valence-corrected chi connectivity index (χ1v) is 9.00. The second-order valence-corrected chi connectivity index (χ2v) is 6.62. The van der Waals surface area contributed by atoms with E-state index in [4.69, 9.17) is 4.74 Å². The molecular formula is C21H22FN3O2. The zero-order valence-electron chi connectivity index (χ0n) is 15.2. The summed E-state index contributed by atoms with van der Waals surface area (Å²) in [5, 5.41) is 12.8. The van der Waals surface area contributed by atoms with Gasteiger partial charge in [0.2, 0.25) is 0 Å². The minimum absolute atomic E-state index is 0.0408. The average Bonchev–Trinajstić information content (AvgIpc) is 2.67. The molecule has 0 atom stereocenters. The Hall–Kier alpha value is -3.07. The van der Waals surface area contributed by atoms with Crippen LogP contribution in [-0.4, -0.2) is 25.2 Å². The van der Waals surface area contributed by atoms with Gasteiger partial charge in [0, 0.05) is 45.1 Å². The van der Waals surface area contributed by atoms with Gasteiger partial charge in [0.1, 0.15) is 18.0 Å². The maximum Gasteiger partial charge on any atom is 0.302 e. The first kappa shape index (κ1) is 18.7. The molecule has 1 aliphatic heterocycles. The van der Waals surface area contributed by atoms with Crippen LogP contribution < -0.4 is 10.2 Å². The van der Waals surface area contributed by atoms with Gasteiger partial charge in [-0.1, -0.05) is 12.1 Å². The van der Waals surface area contributed by atoms with E-state index in [0.717, 1.165) is 42.9 Å². The maximum atomic E-state index is 13.0. The minimum Gasteiger partial charge on any atom is -0.462 e. The molecule has 3 rings (SSSR count). The zero-order chi connectivity index (χ0) is 19.2. The van der Waals surface area contributed by atoms with Gasteiger partial charge in [-0.2, -0.15) is 5.26 Å². The lowest BCUT2D eigenvalue weighted by molar-refractivity contribution is -0.147. The Balaban J connectivity index is 1.63. The first-order valence-electron chi connectivity index (χ1n) is 9.00. The van der Waals surface area contributed by atoms with Crippen LogP contribution in [0.25, 0.3) is 0 Å². The summed E-state index contributed by atoms with van der Waals surface area (Å²) in [6, 6.07) is 14.3. The topological polar surface area (TPSA) is 65.4 Å². The molecule has 0 saturated carbocycles. The van der Waals surface area contributed by atoms with Crippen molar-refractivity contribution in [2.45, 2.75) is 32.4 Å². The number of nitriles is 1. The van der Waals surface area contributed by atoms with Crippen molar-refractivity contribution in [1.82, 2.24) is 0 Å². The molecule has 0 unspecified atom stereocenters. The van der Waals surface area contributed by atoms with Crippen molar-refractivity contribution in [2.75, 3.05) is 23.3 Å². The summed E-state index contributed by atoms with van der Waals surface area (Å²) in [4.78, 5) is 13.2. The normalized spacial score (nSPS) is 14.5. The quantitative estimate of drug-likeness (QED) is 0.814. The fourth-order valence-corrected chi connectivity index (χ4v) is 3.27. The predicted octanol–water partition coefficient (Wildman–Crippen LogP) is 3.84. The number of piperidine rings is 1. The molecule has 1 saturated heterocycles. The third-order valence-corrected chi connectivity index (χ3v) is 4.64. The smallest absolute Gasteiger partial charge is 0.302 e. The van der Waals surface area contributed by atoms with E-state index in [-0.39, 0.29) is 17.9 Å². The third-order valence-electron chi connectivity index (χ3n) is 4.64. The molecule has 27 heavy (non-hydrogen) atoms. The molecule has 0 amide bonds. The van der Waals surface area contributed by atoms with Gasteiger partial charge in [-0.25, -0.2) is 4.39 Å². The van der Waals surface area contributed by atoms with Crippen LogP contribution in [-0.2, 0) is 16.1 Å². The van der Waals surface area contributed by atoms with Gasteiger partial charge < -0.3 is 15.0 Å². The van der Waals surface area contributed by atoms with E-state index < -0.39 is 0 Å². The van der Waals surface area contributed by atoms with E-state index in [0.29, 0.717) is 12.1 Å². The molecule has 5 nitrogen and oxygen atoms in total. The van der Waals surface area contributed by atoms with E-state index in [9.17, 15) is 14.4 Å². The second-order valence-electron chi connectivity index (χ2n) is 6.62. The lowest BCUT2D eigenvalue weighted by atomic mass is 10.0. The monoisotopic (exact) mass is 367 g/mol. The number of carbonyl (C=O) groups is 1. The lowest BCUT2D eigenvalue weighted by Gasteiger charge is -2.33. The van der Waals surface area contributed by atoms with E-state index in [2.05, 4.69) is 16.3 Å². The lowest BCUT2D eigenvalue weighted by Crippen LogP contribution is -2.38. The Bertz CT molecular complexity index is 837. The van der Waals surface area contributed by atoms with E-state index in [1.807, 2.05) is 18.2 Å². The highest BCUT2D eigenvalue weighted by Crippen LogP contribution is 2.27. The fraction of sp³-hybridized carbons (Fsp3) is 0.333. The fourth-order valence-electron chi connectivity index (χ4n) is 3.27. The average molecular weight is 367 g/mol. The number of benzene rings is 2. The highest BCUT2D eigenvalue weighted by atomic mass is 19.1. The van der Waals surface area contributed by atoms with Gasteiger partial charge >= 0.3 is 5.97 Å². The summed E-state index contributed by atoms with van der Waals surface area (Å²) in [6.07, 6.45) is 1.48. The number of nitrogens with one attached hydrogen (secondary N) is 1. The summed E-state index contributed by atoms with van der Waals surface area (Å²) < 4.78 is 18.2. The van der Waals surface area contributed by atoms with Crippen molar-refractivity contribution < 1.29 is 13.9 Å². The van der Waals surface area contributed by atoms with Gasteiger partial charge in [0.25, 0.3) is 0 Å². The minimum atomic E-state index is -0.257. The van der Waals surface area contributed by atoms with Crippen molar-refractivity contribution in [3.8, 4) is 6.07 Å². The van der Waals surface area contributed by atoms with Gasteiger partial charge in [-0.15, -0.1) is 0 Å². The van der Waals surface area contributed by atoms with Gasteiger partial charge in [0.15, 0.2) is 0 Å². The highest BCUT2D eigenvalue weighted by molar-refractivity contribution is 5.67. The molecule has 1 aliphatic rings. The summed E-state index contributed by atoms with van der Waals surface area (Å²) in [5.74, 6) is -0.505. The van der Waals surface area contributed by atoms with Crippen LogP contribution in [0.2, 0.25) is 0 Å². The van der Waals surface area contributed by atoms with E-state index in [1.54, 1.807) is 12.1 Å². The third kappa shape index (κ3) is 4.98. The van der Waals surface area contributed by atoms with Crippen LogP contribution in [0.3, 0.4) is 0 Å². The van der Waals surface area contributed by atoms with Crippen molar-refractivity contribution in [3.63, 3.8) is 0 Å². The number of halogens is 1. The molecule has 140 valence electrons. The first-order chi connectivity index (χ1) is 13.0. The van der Waals surface area contributed by atoms with Gasteiger partial charge in [-0.3, -0.25) is 4.79 Å². The molecule has 2 aromatic carbocycles. The Labute approximate surface area is 158 Å². The number of anilines is 2. The van der Waals surface area contributed by atoms with Gasteiger partial charge in [-0.05, 0) is 35.9 Å². The van der Waals surface area contributed by atoms with Crippen molar-refractivity contribution in [3.05, 3.63) is 59.4 Å². The molecule has 2 aromatic rings. The molecule has 1 fully saturated rings.